The van der Waals surface area contributed by atoms with E-state index in [0.717, 1.165) is 17.5 Å². The Bertz CT molecular complexity index is 825. The van der Waals surface area contributed by atoms with E-state index in [4.69, 9.17) is 0 Å². The van der Waals surface area contributed by atoms with Crippen molar-refractivity contribution < 1.29 is 13.2 Å². The molecular weight excluding hydrogens is 364 g/mol. The first-order valence-electron chi connectivity index (χ1n) is 9.95. The molecule has 1 N–H and O–H groups in total. The molecule has 1 unspecified atom stereocenters. The maximum absolute atomic E-state index is 12.9. The number of anilines is 1. The van der Waals surface area contributed by atoms with E-state index in [2.05, 4.69) is 15.3 Å². The van der Waals surface area contributed by atoms with Gasteiger partial charge in [-0.25, -0.2) is 18.4 Å². The fraction of sp³-hybridized carbons (Fsp3) is 0.737. The van der Waals surface area contributed by atoms with Gasteiger partial charge in [0.25, 0.3) is 5.91 Å². The molecule has 1 amide bonds. The lowest BCUT2D eigenvalue weighted by atomic mass is 9.95. The molecule has 1 saturated heterocycles. The number of hydrogen-bond donors (Lipinski definition) is 1. The van der Waals surface area contributed by atoms with Crippen LogP contribution in [-0.4, -0.2) is 59.8 Å². The molecule has 2 heterocycles. The molecule has 0 spiro atoms. The van der Waals surface area contributed by atoms with Gasteiger partial charge in [-0.3, -0.25) is 4.79 Å². The second-order valence-corrected chi connectivity index (χ2v) is 10.8. The average Bonchev–Trinajstić information content (AvgIpc) is 3.24. The fourth-order valence-electron chi connectivity index (χ4n) is 4.74. The molecule has 3 aliphatic rings. The molecule has 148 valence electrons. The van der Waals surface area contributed by atoms with Crippen LogP contribution in [0.1, 0.15) is 61.5 Å². The Morgan fingerprint density at radius 2 is 1.96 bits per heavy atom. The Morgan fingerprint density at radius 1 is 1.22 bits per heavy atom. The topological polar surface area (TPSA) is 92.3 Å². The van der Waals surface area contributed by atoms with Crippen molar-refractivity contribution in [2.75, 3.05) is 29.9 Å². The van der Waals surface area contributed by atoms with Crippen LogP contribution in [0, 0.1) is 11.8 Å². The van der Waals surface area contributed by atoms with Crippen molar-refractivity contribution in [1.82, 2.24) is 14.9 Å². The monoisotopic (exact) mass is 392 g/mol. The number of amides is 1. The molecule has 1 aromatic rings. The zero-order chi connectivity index (χ0) is 19.2. The molecule has 4 rings (SSSR count). The van der Waals surface area contributed by atoms with E-state index in [9.17, 15) is 13.2 Å². The van der Waals surface area contributed by atoms with Gasteiger partial charge in [0.1, 0.15) is 0 Å². The quantitative estimate of drug-likeness (QED) is 0.843. The Balaban J connectivity index is 1.51. The van der Waals surface area contributed by atoms with Gasteiger partial charge < -0.3 is 10.2 Å². The number of carbonyl (C=O) groups excluding carboxylic acids is 1. The highest BCUT2D eigenvalue weighted by Crippen LogP contribution is 2.45. The standard InChI is InChI=1S/C19H28N4O3S/c1-12(2)17-15(18(24)23-5-7-27(25,26)8-6-23)11-20-19(22-17)21-16-10-13-3-4-14(16)9-13/h11-14,16H,3-10H2,1-2H3,(H,20,21,22)/t13-,14+,16?/m0/s1. The number of aromatic nitrogens is 2. The van der Waals surface area contributed by atoms with Crippen molar-refractivity contribution in [3.63, 3.8) is 0 Å². The Labute approximate surface area is 160 Å². The van der Waals surface area contributed by atoms with Crippen LogP contribution in [0.4, 0.5) is 5.95 Å². The van der Waals surface area contributed by atoms with Gasteiger partial charge in [-0.1, -0.05) is 20.3 Å². The molecule has 1 aromatic heterocycles. The Hall–Kier alpha value is -1.70. The SMILES string of the molecule is CC(C)c1nc(NC2C[C@H]3CC[C@@H]2C3)ncc1C(=O)N1CCS(=O)(=O)CC1. The Morgan fingerprint density at radius 3 is 2.56 bits per heavy atom. The molecule has 2 saturated carbocycles. The van der Waals surface area contributed by atoms with Gasteiger partial charge in [-0.2, -0.15) is 0 Å². The third-order valence-electron chi connectivity index (χ3n) is 6.28. The van der Waals surface area contributed by atoms with E-state index < -0.39 is 9.84 Å². The van der Waals surface area contributed by atoms with Crippen LogP contribution >= 0.6 is 0 Å². The van der Waals surface area contributed by atoms with Gasteiger partial charge in [0, 0.05) is 25.3 Å². The van der Waals surface area contributed by atoms with Crippen LogP contribution in [0.3, 0.4) is 0 Å². The highest BCUT2D eigenvalue weighted by atomic mass is 32.2. The van der Waals surface area contributed by atoms with Crippen molar-refractivity contribution >= 4 is 21.7 Å². The zero-order valence-corrected chi connectivity index (χ0v) is 16.8. The first-order valence-corrected chi connectivity index (χ1v) is 11.8. The van der Waals surface area contributed by atoms with E-state index in [0.29, 0.717) is 17.6 Å². The predicted octanol–water partition coefficient (Wildman–Crippen LogP) is 2.07. The lowest BCUT2D eigenvalue weighted by Gasteiger charge is -2.28. The van der Waals surface area contributed by atoms with Gasteiger partial charge in [0.05, 0.1) is 22.8 Å². The number of nitrogens with one attached hydrogen (secondary N) is 1. The highest BCUT2D eigenvalue weighted by Gasteiger charge is 2.40. The number of carbonyl (C=O) groups is 1. The van der Waals surface area contributed by atoms with E-state index in [1.165, 1.54) is 25.7 Å². The number of rotatable bonds is 4. The van der Waals surface area contributed by atoms with Crippen molar-refractivity contribution in [1.29, 1.82) is 0 Å². The minimum Gasteiger partial charge on any atom is -0.351 e. The lowest BCUT2D eigenvalue weighted by molar-refractivity contribution is 0.0767. The average molecular weight is 393 g/mol. The summed E-state index contributed by atoms with van der Waals surface area (Å²) in [4.78, 5) is 23.6. The molecule has 2 aliphatic carbocycles. The third kappa shape index (κ3) is 3.81. The van der Waals surface area contributed by atoms with E-state index in [1.54, 1.807) is 11.1 Å². The molecule has 27 heavy (non-hydrogen) atoms. The Kier molecular flexibility index (Phi) is 4.86. The zero-order valence-electron chi connectivity index (χ0n) is 16.0. The van der Waals surface area contributed by atoms with E-state index in [1.807, 2.05) is 13.8 Å². The molecule has 2 bridgehead atoms. The minimum atomic E-state index is -3.02. The summed E-state index contributed by atoms with van der Waals surface area (Å²) in [5.41, 5.74) is 1.22. The fourth-order valence-corrected chi connectivity index (χ4v) is 5.94. The normalized spacial score (nSPS) is 29.3. The van der Waals surface area contributed by atoms with Crippen LogP contribution in [0.2, 0.25) is 0 Å². The summed E-state index contributed by atoms with van der Waals surface area (Å²) in [6, 6.07) is 0.442. The molecule has 3 fully saturated rings. The third-order valence-corrected chi connectivity index (χ3v) is 7.89. The number of nitrogens with zero attached hydrogens (tertiary/aromatic N) is 3. The molecule has 8 heteroatoms. The molecule has 7 nitrogen and oxygen atoms in total. The summed E-state index contributed by atoms with van der Waals surface area (Å²) in [6.07, 6.45) is 6.74. The van der Waals surface area contributed by atoms with Gasteiger partial charge >= 0.3 is 0 Å². The predicted molar refractivity (Wildman–Crippen MR) is 104 cm³/mol. The van der Waals surface area contributed by atoms with E-state index in [-0.39, 0.29) is 36.4 Å². The first-order chi connectivity index (χ1) is 12.8. The van der Waals surface area contributed by atoms with E-state index >= 15 is 0 Å². The molecule has 0 radical (unpaired) electrons. The molecule has 3 atom stereocenters. The second-order valence-electron chi connectivity index (χ2n) is 8.52. The van der Waals surface area contributed by atoms with Gasteiger partial charge in [-0.15, -0.1) is 0 Å². The van der Waals surface area contributed by atoms with Crippen LogP contribution in [0.25, 0.3) is 0 Å². The van der Waals surface area contributed by atoms with Gasteiger partial charge in [0.15, 0.2) is 9.84 Å². The summed E-state index contributed by atoms with van der Waals surface area (Å²) in [7, 11) is -3.02. The summed E-state index contributed by atoms with van der Waals surface area (Å²) < 4.78 is 23.2. The first kappa shape index (κ1) is 18.7. The molecule has 1 aliphatic heterocycles. The minimum absolute atomic E-state index is 0.0283. The highest BCUT2D eigenvalue weighted by molar-refractivity contribution is 7.91. The summed E-state index contributed by atoms with van der Waals surface area (Å²) in [6.45, 7) is 4.51. The van der Waals surface area contributed by atoms with Crippen molar-refractivity contribution in [3.05, 3.63) is 17.5 Å². The van der Waals surface area contributed by atoms with Crippen molar-refractivity contribution in [2.45, 2.75) is 51.5 Å². The van der Waals surface area contributed by atoms with Crippen molar-refractivity contribution in [2.24, 2.45) is 11.8 Å². The van der Waals surface area contributed by atoms with Crippen molar-refractivity contribution in [3.8, 4) is 0 Å². The van der Waals surface area contributed by atoms with Gasteiger partial charge in [0.2, 0.25) is 5.95 Å². The number of fused-ring (bicyclic) bond motifs is 2. The summed E-state index contributed by atoms with van der Waals surface area (Å²) in [5.74, 6) is 2.14. The number of sulfone groups is 1. The van der Waals surface area contributed by atoms with Crippen LogP contribution in [0.5, 0.6) is 0 Å². The van der Waals surface area contributed by atoms with Crippen LogP contribution < -0.4 is 5.32 Å². The summed E-state index contributed by atoms with van der Waals surface area (Å²) >= 11 is 0. The number of hydrogen-bond acceptors (Lipinski definition) is 6. The lowest BCUT2D eigenvalue weighted by Crippen LogP contribution is -2.44. The maximum Gasteiger partial charge on any atom is 0.257 e. The molecule has 0 aromatic carbocycles. The maximum atomic E-state index is 12.9. The van der Waals surface area contributed by atoms with Crippen LogP contribution in [-0.2, 0) is 9.84 Å². The van der Waals surface area contributed by atoms with Crippen LogP contribution in [0.15, 0.2) is 6.20 Å². The largest absolute Gasteiger partial charge is 0.351 e. The second kappa shape index (κ2) is 7.04. The molecular formula is C19H28N4O3S. The summed E-state index contributed by atoms with van der Waals surface area (Å²) in [5, 5.41) is 3.50. The van der Waals surface area contributed by atoms with Gasteiger partial charge in [-0.05, 0) is 37.0 Å². The smallest absolute Gasteiger partial charge is 0.257 e.